The maximum atomic E-state index is 12.3. The molecule has 3 rings (SSSR count). The van der Waals surface area contributed by atoms with Gasteiger partial charge in [-0.1, -0.05) is 30.3 Å². The van der Waals surface area contributed by atoms with Crippen molar-refractivity contribution in [2.75, 3.05) is 26.7 Å². The Bertz CT molecular complexity index is 563. The third-order valence-electron chi connectivity index (χ3n) is 4.56. The maximum Gasteiger partial charge on any atom is 0.317 e. The minimum Gasteiger partial charge on any atom is -0.370 e. The number of fused-ring (bicyclic) bond motifs is 2. The number of rotatable bonds is 4. The van der Waals surface area contributed by atoms with Crippen LogP contribution in [0.2, 0.25) is 0 Å². The average molecular weight is 317 g/mol. The van der Waals surface area contributed by atoms with Gasteiger partial charge in [0.05, 0.1) is 18.1 Å². The standard InChI is InChI=1S/C17H23N3O3/c1-18-16(21)14-9-13-10-20(11-15(14)23-13)17(22)19-8-7-12-5-3-2-4-6-12/h2-6,13-15H,7-11H2,1H3,(H,18,21)(H,19,22)/t13-,14+,15-/m0/s1. The number of urea groups is 1. The van der Waals surface area contributed by atoms with E-state index in [1.54, 1.807) is 11.9 Å². The summed E-state index contributed by atoms with van der Waals surface area (Å²) in [7, 11) is 1.64. The van der Waals surface area contributed by atoms with Crippen LogP contribution >= 0.6 is 0 Å². The van der Waals surface area contributed by atoms with Gasteiger partial charge in [0.25, 0.3) is 0 Å². The summed E-state index contributed by atoms with van der Waals surface area (Å²) < 4.78 is 5.80. The largest absolute Gasteiger partial charge is 0.370 e. The van der Waals surface area contributed by atoms with Crippen LogP contribution in [0.1, 0.15) is 12.0 Å². The topological polar surface area (TPSA) is 70.7 Å². The van der Waals surface area contributed by atoms with Crippen LogP contribution in [-0.4, -0.2) is 55.7 Å². The fourth-order valence-corrected chi connectivity index (χ4v) is 3.36. The Morgan fingerprint density at radius 3 is 2.78 bits per heavy atom. The number of nitrogens with zero attached hydrogens (tertiary/aromatic N) is 1. The van der Waals surface area contributed by atoms with E-state index in [4.69, 9.17) is 4.74 Å². The van der Waals surface area contributed by atoms with Crippen LogP contribution in [0.4, 0.5) is 4.79 Å². The molecule has 2 saturated heterocycles. The summed E-state index contributed by atoms with van der Waals surface area (Å²) in [6.07, 6.45) is 1.28. The number of carbonyl (C=O) groups is 2. The molecule has 2 heterocycles. The maximum absolute atomic E-state index is 12.3. The Hall–Kier alpha value is -2.08. The summed E-state index contributed by atoms with van der Waals surface area (Å²) in [6, 6.07) is 10.0. The molecule has 0 spiro atoms. The number of ether oxygens (including phenoxy) is 1. The van der Waals surface area contributed by atoms with E-state index in [0.29, 0.717) is 26.1 Å². The molecule has 0 aromatic heterocycles. The normalized spacial score (nSPS) is 26.0. The van der Waals surface area contributed by atoms with E-state index in [0.717, 1.165) is 6.42 Å². The van der Waals surface area contributed by atoms with Crippen LogP contribution < -0.4 is 10.6 Å². The van der Waals surface area contributed by atoms with Crippen LogP contribution in [0.3, 0.4) is 0 Å². The SMILES string of the molecule is CNC(=O)[C@@H]1C[C@H]2CN(C(=O)NCCc3ccccc3)C[C@@H]1O2. The van der Waals surface area contributed by atoms with Crippen LogP contribution in [-0.2, 0) is 16.0 Å². The molecule has 2 bridgehead atoms. The Labute approximate surface area is 136 Å². The van der Waals surface area contributed by atoms with E-state index in [2.05, 4.69) is 22.8 Å². The molecule has 0 saturated carbocycles. The fraction of sp³-hybridized carbons (Fsp3) is 0.529. The first-order valence-electron chi connectivity index (χ1n) is 8.11. The van der Waals surface area contributed by atoms with Crippen molar-refractivity contribution in [2.24, 2.45) is 5.92 Å². The number of likely N-dealkylation sites (tertiary alicyclic amines) is 1. The third-order valence-corrected chi connectivity index (χ3v) is 4.56. The van der Waals surface area contributed by atoms with Crippen LogP contribution in [0.5, 0.6) is 0 Å². The van der Waals surface area contributed by atoms with Gasteiger partial charge in [0.2, 0.25) is 5.91 Å². The van der Waals surface area contributed by atoms with Gasteiger partial charge < -0.3 is 20.3 Å². The molecule has 6 nitrogen and oxygen atoms in total. The minimum absolute atomic E-state index is 0.00355. The summed E-state index contributed by atoms with van der Waals surface area (Å²) in [6.45, 7) is 1.64. The van der Waals surface area contributed by atoms with Gasteiger partial charge in [0, 0.05) is 26.7 Å². The predicted molar refractivity (Wildman–Crippen MR) is 86.0 cm³/mol. The van der Waals surface area contributed by atoms with Crippen LogP contribution in [0.15, 0.2) is 30.3 Å². The Morgan fingerprint density at radius 1 is 1.26 bits per heavy atom. The van der Waals surface area contributed by atoms with Crippen molar-refractivity contribution in [3.63, 3.8) is 0 Å². The highest BCUT2D eigenvalue weighted by atomic mass is 16.5. The molecular weight excluding hydrogens is 294 g/mol. The minimum atomic E-state index is -0.187. The Kier molecular flexibility index (Phi) is 4.81. The zero-order chi connectivity index (χ0) is 16.2. The van der Waals surface area contributed by atoms with Gasteiger partial charge in [-0.2, -0.15) is 0 Å². The Morgan fingerprint density at radius 2 is 2.04 bits per heavy atom. The second kappa shape index (κ2) is 7.00. The van der Waals surface area contributed by atoms with Gasteiger partial charge in [-0.25, -0.2) is 4.79 Å². The zero-order valence-corrected chi connectivity index (χ0v) is 13.3. The van der Waals surface area contributed by atoms with E-state index in [1.807, 2.05) is 18.2 Å². The van der Waals surface area contributed by atoms with Gasteiger partial charge in [-0.05, 0) is 18.4 Å². The Balaban J connectivity index is 1.48. The number of benzene rings is 1. The van der Waals surface area contributed by atoms with Gasteiger partial charge in [0.1, 0.15) is 0 Å². The van der Waals surface area contributed by atoms with E-state index in [1.165, 1.54) is 5.56 Å². The third kappa shape index (κ3) is 3.64. The number of morpholine rings is 1. The van der Waals surface area contributed by atoms with Crippen molar-refractivity contribution in [1.29, 1.82) is 0 Å². The van der Waals surface area contributed by atoms with Crippen LogP contribution in [0.25, 0.3) is 0 Å². The molecule has 0 unspecified atom stereocenters. The molecule has 2 aliphatic heterocycles. The molecule has 2 N–H and O–H groups in total. The molecular formula is C17H23N3O3. The molecule has 23 heavy (non-hydrogen) atoms. The summed E-state index contributed by atoms with van der Waals surface area (Å²) >= 11 is 0. The first-order valence-corrected chi connectivity index (χ1v) is 8.11. The smallest absolute Gasteiger partial charge is 0.317 e. The molecule has 6 heteroatoms. The second-order valence-corrected chi connectivity index (χ2v) is 6.13. The van der Waals surface area contributed by atoms with Crippen molar-refractivity contribution in [3.05, 3.63) is 35.9 Å². The van der Waals surface area contributed by atoms with Crippen molar-refractivity contribution in [1.82, 2.24) is 15.5 Å². The number of hydrogen-bond acceptors (Lipinski definition) is 3. The lowest BCUT2D eigenvalue weighted by molar-refractivity contribution is -0.127. The average Bonchev–Trinajstić information content (AvgIpc) is 2.89. The fourth-order valence-electron chi connectivity index (χ4n) is 3.36. The number of nitrogens with one attached hydrogen (secondary N) is 2. The van der Waals surface area contributed by atoms with Gasteiger partial charge in [-0.15, -0.1) is 0 Å². The predicted octanol–water partition coefficient (Wildman–Crippen LogP) is 0.774. The molecule has 3 atom stereocenters. The van der Waals surface area contributed by atoms with Crippen molar-refractivity contribution < 1.29 is 14.3 Å². The van der Waals surface area contributed by atoms with E-state index in [-0.39, 0.29) is 30.1 Å². The highest BCUT2D eigenvalue weighted by molar-refractivity contribution is 5.80. The monoisotopic (exact) mass is 317 g/mol. The highest BCUT2D eigenvalue weighted by Gasteiger charge is 2.45. The van der Waals surface area contributed by atoms with Crippen molar-refractivity contribution >= 4 is 11.9 Å². The molecule has 1 aromatic carbocycles. The molecule has 3 amide bonds. The summed E-state index contributed by atoms with van der Waals surface area (Å²) in [5.74, 6) is -0.143. The number of carbonyl (C=O) groups excluding carboxylic acids is 2. The quantitative estimate of drug-likeness (QED) is 0.862. The second-order valence-electron chi connectivity index (χ2n) is 6.13. The lowest BCUT2D eigenvalue weighted by Crippen LogP contribution is -2.51. The lowest BCUT2D eigenvalue weighted by Gasteiger charge is -2.32. The van der Waals surface area contributed by atoms with E-state index >= 15 is 0 Å². The van der Waals surface area contributed by atoms with E-state index in [9.17, 15) is 9.59 Å². The molecule has 1 aromatic rings. The van der Waals surface area contributed by atoms with Gasteiger partial charge in [-0.3, -0.25) is 4.79 Å². The zero-order valence-electron chi connectivity index (χ0n) is 13.3. The highest BCUT2D eigenvalue weighted by Crippen LogP contribution is 2.31. The summed E-state index contributed by atoms with van der Waals surface area (Å²) in [5.41, 5.74) is 1.20. The van der Waals surface area contributed by atoms with Gasteiger partial charge >= 0.3 is 6.03 Å². The molecule has 2 fully saturated rings. The lowest BCUT2D eigenvalue weighted by atomic mass is 10.00. The first kappa shape index (κ1) is 15.8. The number of amides is 3. The molecule has 124 valence electrons. The number of hydrogen-bond donors (Lipinski definition) is 2. The van der Waals surface area contributed by atoms with Crippen molar-refractivity contribution in [2.45, 2.75) is 25.0 Å². The van der Waals surface area contributed by atoms with Gasteiger partial charge in [0.15, 0.2) is 0 Å². The summed E-state index contributed by atoms with van der Waals surface area (Å²) in [4.78, 5) is 25.9. The molecule has 0 radical (unpaired) electrons. The first-order chi connectivity index (χ1) is 11.2. The summed E-state index contributed by atoms with van der Waals surface area (Å²) in [5, 5.41) is 5.64. The van der Waals surface area contributed by atoms with Crippen molar-refractivity contribution in [3.8, 4) is 0 Å². The molecule has 2 aliphatic rings. The van der Waals surface area contributed by atoms with Crippen LogP contribution in [0, 0.1) is 5.92 Å². The molecule has 0 aliphatic carbocycles. The van der Waals surface area contributed by atoms with E-state index < -0.39 is 0 Å².